The van der Waals surface area contributed by atoms with Crippen LogP contribution in [-0.4, -0.2) is 49.1 Å². The Hall–Kier alpha value is 0.600. The first kappa shape index (κ1) is 509. The van der Waals surface area contributed by atoms with E-state index in [-0.39, 0.29) is 73.4 Å². The van der Waals surface area contributed by atoms with Crippen LogP contribution in [0.3, 0.4) is 0 Å². The van der Waals surface area contributed by atoms with Crippen molar-refractivity contribution in [2.45, 2.75) is 0 Å². The summed E-state index contributed by atoms with van der Waals surface area (Å²) in [6.45, 7) is 0. The largest absolute Gasteiger partial charge is 1.00 e. The molecule has 10 nitrogen and oxygen atoms in total. The Kier molecular flexibility index (Phi) is 126000. The predicted octanol–water partition coefficient (Wildman–Crippen LogP) is -10.8. The molecular formula is H17NaO10. The van der Waals surface area contributed by atoms with Gasteiger partial charge < -0.3 is 54.3 Å². The van der Waals surface area contributed by atoms with Gasteiger partial charge in [0, 0.05) is 0 Å². The van der Waals surface area contributed by atoms with Crippen molar-refractivity contribution in [1.82, 2.24) is 0 Å². The van der Waals surface area contributed by atoms with Gasteiger partial charge in [-0.25, -0.2) is 0 Å². The van der Waals surface area contributed by atoms with E-state index in [2.05, 4.69) is 0 Å². The molecule has 0 rings (SSSR count). The zero-order valence-corrected chi connectivity index (χ0v) is 7.86. The standard InChI is InChI=1S/Na.H2O2.8H2O/c;1-2;;;;;;;;/h;1-2H;8*1H2/q+1;;;;;;;;;/p-1. The molecule has 0 bridgehead atoms. The van der Waals surface area contributed by atoms with Crippen molar-refractivity contribution in [3.8, 4) is 0 Å². The normalized spacial score (nSPS) is 0.545. The third kappa shape index (κ3) is 2180. The summed E-state index contributed by atoms with van der Waals surface area (Å²) in [5.74, 6) is 0. The van der Waals surface area contributed by atoms with E-state index in [1.165, 1.54) is 0 Å². The van der Waals surface area contributed by atoms with Crippen molar-refractivity contribution in [3.63, 3.8) is 0 Å². The molecule has 11 heteroatoms. The van der Waals surface area contributed by atoms with Crippen LogP contribution < -0.4 is 34.8 Å². The van der Waals surface area contributed by atoms with E-state index in [1.54, 1.807) is 0 Å². The van der Waals surface area contributed by atoms with Gasteiger partial charge in [0.2, 0.25) is 0 Å². The van der Waals surface area contributed by atoms with Gasteiger partial charge in [-0.15, -0.1) is 0 Å². The maximum absolute atomic E-state index is 7.25. The minimum absolute atomic E-state index is 0. The zero-order chi connectivity index (χ0) is 2.00. The molecule has 0 unspecified atom stereocenters. The van der Waals surface area contributed by atoms with Gasteiger partial charge >= 0.3 is 29.6 Å². The van der Waals surface area contributed by atoms with Crippen LogP contribution in [0.2, 0.25) is 0 Å². The van der Waals surface area contributed by atoms with Gasteiger partial charge in [-0.2, -0.15) is 0 Å². The molecule has 0 saturated carbocycles. The smallest absolute Gasteiger partial charge is 0.727 e. The van der Waals surface area contributed by atoms with E-state index >= 15 is 0 Å². The molecule has 0 radical (unpaired) electrons. The molecule has 0 aromatic rings. The van der Waals surface area contributed by atoms with E-state index in [4.69, 9.17) is 10.5 Å². The average molecular weight is 200 g/mol. The molecule has 0 heterocycles. The van der Waals surface area contributed by atoms with Crippen LogP contribution in [0.5, 0.6) is 0 Å². The van der Waals surface area contributed by atoms with E-state index in [1.807, 2.05) is 0 Å². The minimum atomic E-state index is 0. The molecular weight excluding hydrogens is 183 g/mol. The van der Waals surface area contributed by atoms with Gasteiger partial charge in [0.1, 0.15) is 0 Å². The van der Waals surface area contributed by atoms with E-state index < -0.39 is 0 Å². The summed E-state index contributed by atoms with van der Waals surface area (Å²) in [5.41, 5.74) is 0. The van der Waals surface area contributed by atoms with Crippen molar-refractivity contribution in [3.05, 3.63) is 0 Å². The van der Waals surface area contributed by atoms with Crippen molar-refractivity contribution < 1.29 is 83.9 Å². The van der Waals surface area contributed by atoms with E-state index in [0.29, 0.717) is 0 Å². The van der Waals surface area contributed by atoms with Crippen molar-refractivity contribution in [2.24, 2.45) is 0 Å². The summed E-state index contributed by atoms with van der Waals surface area (Å²) in [6, 6.07) is 0. The van der Waals surface area contributed by atoms with Crippen LogP contribution in [0.15, 0.2) is 0 Å². The second-order valence-electron chi connectivity index (χ2n) is 0. The van der Waals surface area contributed by atoms with Crippen LogP contribution in [-0.2, 0) is 0 Å². The Morgan fingerprint density at radius 3 is 0.455 bits per heavy atom. The summed E-state index contributed by atoms with van der Waals surface area (Å²) in [4.78, 5) is 0. The maximum atomic E-state index is 7.25. The minimum Gasteiger partial charge on any atom is -0.727 e. The fraction of sp³-hybridized carbons (Fsp3) is 0. The monoisotopic (exact) mass is 200 g/mol. The van der Waals surface area contributed by atoms with Gasteiger partial charge in [0.05, 0.1) is 0 Å². The Balaban J connectivity index is -0.000000000139. The van der Waals surface area contributed by atoms with E-state index in [9.17, 15) is 0 Å². The number of rotatable bonds is 0. The van der Waals surface area contributed by atoms with Gasteiger partial charge in [-0.05, 0) is 0 Å². The SMILES string of the molecule is O.O.O.O.O.O.O.O.[Na+].[O-]O. The first-order valence-electron chi connectivity index (χ1n) is 0.183. The Bertz CT molecular complexity index is 4.83. The molecule has 0 fully saturated rings. The molecule has 17 N–H and O–H groups in total. The second kappa shape index (κ2) is 2710. The van der Waals surface area contributed by atoms with Crippen LogP contribution in [0.1, 0.15) is 0 Å². The molecule has 0 aromatic carbocycles. The Labute approximate surface area is 84.2 Å². The molecule has 0 aliphatic heterocycles. The van der Waals surface area contributed by atoms with Crippen molar-refractivity contribution >= 4 is 0 Å². The quantitative estimate of drug-likeness (QED) is 0.226. The molecule has 0 atom stereocenters. The first-order valence-corrected chi connectivity index (χ1v) is 0.183. The molecule has 0 aliphatic rings. The molecule has 0 amide bonds. The number of hydrogen-bond donors (Lipinski definition) is 1. The second-order valence-corrected chi connectivity index (χ2v) is 0. The third-order valence-corrected chi connectivity index (χ3v) is 0. The van der Waals surface area contributed by atoms with Crippen molar-refractivity contribution in [2.75, 3.05) is 0 Å². The zero-order valence-electron chi connectivity index (χ0n) is 5.86. The van der Waals surface area contributed by atoms with Crippen LogP contribution in [0, 0.1) is 0 Å². The third-order valence-electron chi connectivity index (χ3n) is 0. The predicted molar refractivity (Wildman–Crippen MR) is 31.5 cm³/mol. The topological polar surface area (TPSA) is 295 Å². The Morgan fingerprint density at radius 1 is 0.455 bits per heavy atom. The summed E-state index contributed by atoms with van der Waals surface area (Å²) < 4.78 is 0. The first-order chi connectivity index (χ1) is 1.00. The van der Waals surface area contributed by atoms with Crippen LogP contribution in [0.4, 0.5) is 0 Å². The molecule has 0 spiro atoms. The molecule has 11 heavy (non-hydrogen) atoms. The van der Waals surface area contributed by atoms with Gasteiger partial charge in [-0.1, -0.05) is 0 Å². The fourth-order valence-electron chi connectivity index (χ4n) is 0. The van der Waals surface area contributed by atoms with Gasteiger partial charge in [0.15, 0.2) is 0 Å². The summed E-state index contributed by atoms with van der Waals surface area (Å²) >= 11 is 0. The van der Waals surface area contributed by atoms with E-state index in [0.717, 1.165) is 0 Å². The Morgan fingerprint density at radius 2 is 0.455 bits per heavy atom. The fourth-order valence-corrected chi connectivity index (χ4v) is 0. The maximum Gasteiger partial charge on any atom is 1.00 e. The van der Waals surface area contributed by atoms with Gasteiger partial charge in [0.25, 0.3) is 0 Å². The average Bonchev–Trinajstić information content (AvgIpc) is 1.00. The molecule has 0 saturated heterocycles. The molecule has 78 valence electrons. The summed E-state index contributed by atoms with van der Waals surface area (Å²) in [7, 11) is 0. The summed E-state index contributed by atoms with van der Waals surface area (Å²) in [5, 5.41) is 13.0. The number of hydrogen-bond acceptors (Lipinski definition) is 2. The van der Waals surface area contributed by atoms with Crippen LogP contribution >= 0.6 is 0 Å². The van der Waals surface area contributed by atoms with Gasteiger partial charge in [-0.3, -0.25) is 0 Å². The van der Waals surface area contributed by atoms with Crippen molar-refractivity contribution in [1.29, 1.82) is 0 Å². The van der Waals surface area contributed by atoms with Crippen LogP contribution in [0.25, 0.3) is 0 Å². The molecule has 0 aromatic heterocycles. The summed E-state index contributed by atoms with van der Waals surface area (Å²) in [6.07, 6.45) is 0. The molecule has 0 aliphatic carbocycles.